The van der Waals surface area contributed by atoms with Gasteiger partial charge in [0.25, 0.3) is 0 Å². The first-order valence-corrected chi connectivity index (χ1v) is 5.39. The van der Waals surface area contributed by atoms with Gasteiger partial charge in [0, 0.05) is 24.8 Å². The van der Waals surface area contributed by atoms with E-state index in [2.05, 4.69) is 28.6 Å². The van der Waals surface area contributed by atoms with Crippen molar-refractivity contribution in [1.82, 2.24) is 0 Å². The molecule has 0 bridgehead atoms. The Morgan fingerprint density at radius 3 is 2.92 bits per heavy atom. The van der Waals surface area contributed by atoms with Crippen molar-refractivity contribution in [2.24, 2.45) is 0 Å². The van der Waals surface area contributed by atoms with E-state index in [4.69, 9.17) is 0 Å². The van der Waals surface area contributed by atoms with Gasteiger partial charge in [-0.1, -0.05) is 0 Å². The number of rotatable bonds is 0. The molecule has 0 saturated carbocycles. The summed E-state index contributed by atoms with van der Waals surface area (Å²) in [6.07, 6.45) is 0. The third kappa shape index (κ3) is 1.24. The van der Waals surface area contributed by atoms with Gasteiger partial charge in [0.1, 0.15) is 5.75 Å². The standard InChI is InChI=1S/C8H5BrOS2/c9-5-3-12-7-2-4(11)1-6(10)8(5)7/h1-3,10-11H. The van der Waals surface area contributed by atoms with Crippen LogP contribution in [0.5, 0.6) is 5.75 Å². The number of hydrogen-bond donors (Lipinski definition) is 2. The van der Waals surface area contributed by atoms with Crippen LogP contribution in [0.3, 0.4) is 0 Å². The number of benzene rings is 1. The Kier molecular flexibility index (Phi) is 2.06. The topological polar surface area (TPSA) is 20.2 Å². The van der Waals surface area contributed by atoms with Crippen LogP contribution in [0.2, 0.25) is 0 Å². The molecule has 0 fully saturated rings. The predicted octanol–water partition coefficient (Wildman–Crippen LogP) is 3.66. The average molecular weight is 261 g/mol. The first-order chi connectivity index (χ1) is 5.68. The molecule has 1 aromatic carbocycles. The van der Waals surface area contributed by atoms with E-state index < -0.39 is 0 Å². The van der Waals surface area contributed by atoms with Crippen LogP contribution in [-0.2, 0) is 0 Å². The number of halogens is 1. The Bertz CT molecular complexity index is 436. The van der Waals surface area contributed by atoms with Crippen molar-refractivity contribution in [3.63, 3.8) is 0 Å². The number of thiol groups is 1. The summed E-state index contributed by atoms with van der Waals surface area (Å²) >= 11 is 9.12. The zero-order valence-corrected chi connectivity index (χ0v) is 9.21. The fraction of sp³-hybridized carbons (Fsp3) is 0. The van der Waals surface area contributed by atoms with E-state index in [-0.39, 0.29) is 5.75 Å². The van der Waals surface area contributed by atoms with Crippen LogP contribution in [0, 0.1) is 0 Å². The van der Waals surface area contributed by atoms with Gasteiger partial charge >= 0.3 is 0 Å². The lowest BCUT2D eigenvalue weighted by Crippen LogP contribution is -1.69. The van der Waals surface area contributed by atoms with Crippen LogP contribution in [0.1, 0.15) is 0 Å². The second-order valence-corrected chi connectivity index (χ2v) is 4.70. The van der Waals surface area contributed by atoms with Gasteiger partial charge in [0.05, 0.1) is 0 Å². The summed E-state index contributed by atoms with van der Waals surface area (Å²) in [6, 6.07) is 3.58. The number of phenolic OH excluding ortho intramolecular Hbond substituents is 1. The molecule has 0 spiro atoms. The smallest absolute Gasteiger partial charge is 0.126 e. The van der Waals surface area contributed by atoms with Crippen LogP contribution in [0.25, 0.3) is 10.1 Å². The Morgan fingerprint density at radius 2 is 2.17 bits per heavy atom. The van der Waals surface area contributed by atoms with Crippen molar-refractivity contribution >= 4 is 50.0 Å². The van der Waals surface area contributed by atoms with Crippen LogP contribution >= 0.6 is 39.9 Å². The first-order valence-electron chi connectivity index (χ1n) is 3.27. The lowest BCUT2D eigenvalue weighted by molar-refractivity contribution is 0.480. The molecule has 0 amide bonds. The van der Waals surface area contributed by atoms with Gasteiger partial charge in [0.2, 0.25) is 0 Å². The van der Waals surface area contributed by atoms with Crippen LogP contribution < -0.4 is 0 Å². The minimum Gasteiger partial charge on any atom is -0.507 e. The van der Waals surface area contributed by atoms with E-state index in [0.29, 0.717) is 0 Å². The normalized spacial score (nSPS) is 10.8. The highest BCUT2D eigenvalue weighted by molar-refractivity contribution is 9.10. The largest absolute Gasteiger partial charge is 0.507 e. The van der Waals surface area contributed by atoms with E-state index in [9.17, 15) is 5.11 Å². The summed E-state index contributed by atoms with van der Waals surface area (Å²) < 4.78 is 1.99. The molecule has 0 saturated heterocycles. The van der Waals surface area contributed by atoms with Gasteiger partial charge in [-0.05, 0) is 28.1 Å². The van der Waals surface area contributed by atoms with Gasteiger partial charge in [-0.2, -0.15) is 0 Å². The van der Waals surface area contributed by atoms with E-state index in [1.54, 1.807) is 17.4 Å². The van der Waals surface area contributed by atoms with Gasteiger partial charge in [-0.25, -0.2) is 0 Å². The molecule has 1 aromatic heterocycles. The molecule has 0 aliphatic rings. The third-order valence-electron chi connectivity index (χ3n) is 1.59. The maximum Gasteiger partial charge on any atom is 0.126 e. The van der Waals surface area contributed by atoms with E-state index in [1.165, 1.54) is 0 Å². The molecule has 1 heterocycles. The molecular formula is C8H5BrOS2. The van der Waals surface area contributed by atoms with Gasteiger partial charge < -0.3 is 5.11 Å². The highest BCUT2D eigenvalue weighted by Gasteiger charge is 2.06. The van der Waals surface area contributed by atoms with Crippen LogP contribution in [0.4, 0.5) is 0 Å². The summed E-state index contributed by atoms with van der Waals surface area (Å²) in [6.45, 7) is 0. The molecule has 0 aliphatic carbocycles. The zero-order chi connectivity index (χ0) is 8.72. The predicted molar refractivity (Wildman–Crippen MR) is 58.4 cm³/mol. The van der Waals surface area contributed by atoms with Crippen molar-refractivity contribution < 1.29 is 5.11 Å². The Morgan fingerprint density at radius 1 is 1.42 bits per heavy atom. The maximum absolute atomic E-state index is 9.55. The molecule has 4 heteroatoms. The van der Waals surface area contributed by atoms with Crippen LogP contribution in [0.15, 0.2) is 26.9 Å². The number of fused-ring (bicyclic) bond motifs is 1. The minimum absolute atomic E-state index is 0.283. The van der Waals surface area contributed by atoms with Crippen molar-refractivity contribution in [3.8, 4) is 5.75 Å². The van der Waals surface area contributed by atoms with Crippen LogP contribution in [-0.4, -0.2) is 5.11 Å². The number of hydrogen-bond acceptors (Lipinski definition) is 3. The molecule has 0 aliphatic heterocycles. The molecule has 12 heavy (non-hydrogen) atoms. The second-order valence-electron chi connectivity index (χ2n) is 2.42. The summed E-state index contributed by atoms with van der Waals surface area (Å²) in [5.41, 5.74) is 0. The lowest BCUT2D eigenvalue weighted by Gasteiger charge is -1.97. The molecular weight excluding hydrogens is 256 g/mol. The highest BCUT2D eigenvalue weighted by Crippen LogP contribution is 2.38. The third-order valence-corrected chi connectivity index (χ3v) is 3.71. The number of aromatic hydroxyl groups is 1. The Labute approximate surface area is 87.6 Å². The van der Waals surface area contributed by atoms with Crippen molar-refractivity contribution in [1.29, 1.82) is 0 Å². The molecule has 2 rings (SSSR count). The lowest BCUT2D eigenvalue weighted by atomic mass is 10.2. The van der Waals surface area contributed by atoms with Gasteiger partial charge in [-0.15, -0.1) is 24.0 Å². The second kappa shape index (κ2) is 2.94. The quantitative estimate of drug-likeness (QED) is 0.693. The van der Waals surface area contributed by atoms with Gasteiger partial charge in [-0.3, -0.25) is 0 Å². The molecule has 1 N–H and O–H groups in total. The first kappa shape index (κ1) is 8.41. The summed E-state index contributed by atoms with van der Waals surface area (Å²) in [5.74, 6) is 0.283. The molecule has 0 atom stereocenters. The Balaban J connectivity index is 2.93. The summed E-state index contributed by atoms with van der Waals surface area (Å²) in [4.78, 5) is 0.786. The summed E-state index contributed by atoms with van der Waals surface area (Å²) in [5, 5.41) is 12.4. The fourth-order valence-electron chi connectivity index (χ4n) is 1.09. The SMILES string of the molecule is Oc1cc(S)cc2scc(Br)c12. The average Bonchev–Trinajstić information content (AvgIpc) is 2.31. The zero-order valence-electron chi connectivity index (χ0n) is 5.91. The van der Waals surface area contributed by atoms with Crippen molar-refractivity contribution in [3.05, 3.63) is 22.0 Å². The molecule has 1 nitrogen and oxygen atoms in total. The number of phenols is 1. The monoisotopic (exact) mass is 260 g/mol. The molecule has 2 aromatic rings. The molecule has 0 radical (unpaired) electrons. The molecule has 62 valence electrons. The van der Waals surface area contributed by atoms with E-state index >= 15 is 0 Å². The maximum atomic E-state index is 9.55. The van der Waals surface area contributed by atoms with Gasteiger partial charge in [0.15, 0.2) is 0 Å². The number of thiophene rings is 1. The highest BCUT2D eigenvalue weighted by atomic mass is 79.9. The van der Waals surface area contributed by atoms with E-state index in [0.717, 1.165) is 19.5 Å². The van der Waals surface area contributed by atoms with Crippen molar-refractivity contribution in [2.45, 2.75) is 4.90 Å². The van der Waals surface area contributed by atoms with Crippen molar-refractivity contribution in [2.75, 3.05) is 0 Å². The minimum atomic E-state index is 0.283. The fourth-order valence-corrected chi connectivity index (χ4v) is 3.14. The Hall–Kier alpha value is -0.190. The van der Waals surface area contributed by atoms with E-state index in [1.807, 2.05) is 11.4 Å². The molecule has 0 unspecified atom stereocenters. The summed E-state index contributed by atoms with van der Waals surface area (Å²) in [7, 11) is 0.